The Kier molecular flexibility index (Phi) is 4.90. The van der Waals surface area contributed by atoms with Crippen molar-refractivity contribution >= 4 is 23.5 Å². The summed E-state index contributed by atoms with van der Waals surface area (Å²) in [7, 11) is 0. The highest BCUT2D eigenvalue weighted by Crippen LogP contribution is 2.19. The summed E-state index contributed by atoms with van der Waals surface area (Å²) in [5.41, 5.74) is 5.52. The molecular formula is C12H14N2O6. The van der Waals surface area contributed by atoms with E-state index in [0.717, 1.165) is 0 Å². The fourth-order valence-electron chi connectivity index (χ4n) is 1.50. The van der Waals surface area contributed by atoms with E-state index in [9.17, 15) is 19.5 Å². The van der Waals surface area contributed by atoms with Gasteiger partial charge in [-0.05, 0) is 24.6 Å². The van der Waals surface area contributed by atoms with E-state index < -0.39 is 30.3 Å². The third kappa shape index (κ3) is 4.16. The lowest BCUT2D eigenvalue weighted by Gasteiger charge is -2.14. The first-order valence-corrected chi connectivity index (χ1v) is 5.65. The van der Waals surface area contributed by atoms with Gasteiger partial charge in [0.1, 0.15) is 11.8 Å². The maximum Gasteiger partial charge on any atom is 0.326 e. The van der Waals surface area contributed by atoms with Crippen molar-refractivity contribution in [1.82, 2.24) is 5.32 Å². The molecule has 108 valence electrons. The highest BCUT2D eigenvalue weighted by molar-refractivity contribution is 5.99. The number of hydrogen-bond donors (Lipinski definition) is 5. The minimum Gasteiger partial charge on any atom is -0.507 e. The Morgan fingerprint density at radius 3 is 2.45 bits per heavy atom. The van der Waals surface area contributed by atoms with Crippen LogP contribution in [0.3, 0.4) is 0 Å². The van der Waals surface area contributed by atoms with Crippen LogP contribution in [0.4, 0.5) is 5.69 Å². The van der Waals surface area contributed by atoms with Crippen molar-refractivity contribution in [3.63, 3.8) is 0 Å². The Morgan fingerprint density at radius 1 is 1.25 bits per heavy atom. The van der Waals surface area contributed by atoms with Gasteiger partial charge in [0.25, 0.3) is 5.91 Å². The Balaban J connectivity index is 2.82. The molecule has 1 atom stereocenters. The van der Waals surface area contributed by atoms with Crippen LogP contribution in [0.1, 0.15) is 23.2 Å². The van der Waals surface area contributed by atoms with Crippen molar-refractivity contribution in [2.24, 2.45) is 0 Å². The highest BCUT2D eigenvalue weighted by Gasteiger charge is 2.22. The zero-order valence-corrected chi connectivity index (χ0v) is 10.4. The van der Waals surface area contributed by atoms with E-state index in [1.807, 2.05) is 0 Å². The fourth-order valence-corrected chi connectivity index (χ4v) is 1.50. The van der Waals surface area contributed by atoms with Gasteiger partial charge in [0.2, 0.25) is 0 Å². The van der Waals surface area contributed by atoms with Crippen LogP contribution < -0.4 is 11.1 Å². The standard InChI is InChI=1S/C12H14N2O6/c13-6-1-3-9(15)7(5-6)11(18)14-8(12(19)20)2-4-10(16)17/h1,3,5,8,15H,2,4,13H2,(H,14,18)(H,16,17)(H,19,20)/t8-/m0/s1. The van der Waals surface area contributed by atoms with Crippen LogP contribution in [0.2, 0.25) is 0 Å². The number of nitrogens with one attached hydrogen (secondary N) is 1. The molecule has 0 aliphatic rings. The summed E-state index contributed by atoms with van der Waals surface area (Å²) in [4.78, 5) is 33.2. The zero-order chi connectivity index (χ0) is 15.3. The Bertz CT molecular complexity index is 543. The molecule has 0 radical (unpaired) electrons. The van der Waals surface area contributed by atoms with Gasteiger partial charge >= 0.3 is 11.9 Å². The summed E-state index contributed by atoms with van der Waals surface area (Å²) in [6.45, 7) is 0. The van der Waals surface area contributed by atoms with Crippen LogP contribution in [-0.4, -0.2) is 39.2 Å². The van der Waals surface area contributed by atoms with Gasteiger partial charge in [-0.3, -0.25) is 9.59 Å². The molecule has 0 unspecified atom stereocenters. The fraction of sp³-hybridized carbons (Fsp3) is 0.250. The highest BCUT2D eigenvalue weighted by atomic mass is 16.4. The van der Waals surface area contributed by atoms with Crippen LogP contribution in [0.5, 0.6) is 5.75 Å². The normalized spacial score (nSPS) is 11.6. The van der Waals surface area contributed by atoms with E-state index in [1.165, 1.54) is 18.2 Å². The van der Waals surface area contributed by atoms with E-state index in [-0.39, 0.29) is 23.4 Å². The van der Waals surface area contributed by atoms with Gasteiger partial charge in [0, 0.05) is 12.1 Å². The van der Waals surface area contributed by atoms with Crippen LogP contribution in [-0.2, 0) is 9.59 Å². The first-order chi connectivity index (χ1) is 9.31. The van der Waals surface area contributed by atoms with E-state index in [4.69, 9.17) is 15.9 Å². The summed E-state index contributed by atoms with van der Waals surface area (Å²) in [6.07, 6.45) is -0.667. The van der Waals surface area contributed by atoms with Crippen LogP contribution in [0.15, 0.2) is 18.2 Å². The molecule has 1 rings (SSSR count). The van der Waals surface area contributed by atoms with E-state index in [2.05, 4.69) is 5.32 Å². The maximum absolute atomic E-state index is 11.8. The number of nitrogens with two attached hydrogens (primary N) is 1. The molecular weight excluding hydrogens is 268 g/mol. The van der Waals surface area contributed by atoms with E-state index in [1.54, 1.807) is 0 Å². The van der Waals surface area contributed by atoms with Gasteiger partial charge in [0.15, 0.2) is 0 Å². The van der Waals surface area contributed by atoms with Crippen LogP contribution >= 0.6 is 0 Å². The molecule has 1 aromatic carbocycles. The second kappa shape index (κ2) is 6.41. The number of phenolic OH excluding ortho intramolecular Hbond substituents is 1. The van der Waals surface area contributed by atoms with Crippen molar-refractivity contribution in [3.8, 4) is 5.75 Å². The van der Waals surface area contributed by atoms with Gasteiger partial charge in [-0.1, -0.05) is 0 Å². The molecule has 0 saturated heterocycles. The molecule has 8 heteroatoms. The number of amides is 1. The van der Waals surface area contributed by atoms with Crippen molar-refractivity contribution in [3.05, 3.63) is 23.8 Å². The smallest absolute Gasteiger partial charge is 0.326 e. The first kappa shape index (κ1) is 15.3. The van der Waals surface area contributed by atoms with Gasteiger partial charge in [0.05, 0.1) is 5.56 Å². The minimum atomic E-state index is -1.36. The minimum absolute atomic E-state index is 0.174. The SMILES string of the molecule is Nc1ccc(O)c(C(=O)N[C@@H](CCC(=O)O)C(=O)O)c1. The molecule has 0 aliphatic carbocycles. The Labute approximate surface area is 113 Å². The lowest BCUT2D eigenvalue weighted by atomic mass is 10.1. The van der Waals surface area contributed by atoms with Crippen molar-refractivity contribution < 1.29 is 29.7 Å². The number of carbonyl (C=O) groups is 3. The molecule has 0 aliphatic heterocycles. The van der Waals surface area contributed by atoms with E-state index >= 15 is 0 Å². The number of rotatable bonds is 6. The molecule has 0 aromatic heterocycles. The van der Waals surface area contributed by atoms with Gasteiger partial charge in [-0.25, -0.2) is 4.79 Å². The summed E-state index contributed by atoms with van der Waals surface area (Å²) < 4.78 is 0. The predicted molar refractivity (Wildman–Crippen MR) is 68.3 cm³/mol. The molecule has 1 aromatic rings. The molecule has 1 amide bonds. The third-order valence-corrected chi connectivity index (χ3v) is 2.52. The summed E-state index contributed by atoms with van der Waals surface area (Å²) in [5.74, 6) is -3.72. The average Bonchev–Trinajstić information content (AvgIpc) is 2.36. The summed E-state index contributed by atoms with van der Waals surface area (Å²) in [6, 6.07) is 2.42. The molecule has 0 saturated carbocycles. The van der Waals surface area contributed by atoms with Gasteiger partial charge in [-0.15, -0.1) is 0 Å². The number of anilines is 1. The summed E-state index contributed by atoms with van der Waals surface area (Å²) >= 11 is 0. The molecule has 0 heterocycles. The van der Waals surface area contributed by atoms with Gasteiger partial charge < -0.3 is 26.4 Å². The number of phenols is 1. The average molecular weight is 282 g/mol. The Hall–Kier alpha value is -2.77. The quantitative estimate of drug-likeness (QED) is 0.364. The third-order valence-electron chi connectivity index (χ3n) is 2.52. The topological polar surface area (TPSA) is 150 Å². The number of aromatic hydroxyl groups is 1. The Morgan fingerprint density at radius 2 is 1.90 bits per heavy atom. The van der Waals surface area contributed by atoms with Crippen molar-refractivity contribution in [2.45, 2.75) is 18.9 Å². The lowest BCUT2D eigenvalue weighted by Crippen LogP contribution is -2.41. The second-order valence-corrected chi connectivity index (χ2v) is 4.07. The maximum atomic E-state index is 11.8. The molecule has 6 N–H and O–H groups in total. The predicted octanol–water partition coefficient (Wildman–Crippen LogP) is 0.0222. The monoisotopic (exact) mass is 282 g/mol. The van der Waals surface area contributed by atoms with E-state index in [0.29, 0.717) is 0 Å². The van der Waals surface area contributed by atoms with Gasteiger partial charge in [-0.2, -0.15) is 0 Å². The van der Waals surface area contributed by atoms with Crippen molar-refractivity contribution in [2.75, 3.05) is 5.73 Å². The number of carbonyl (C=O) groups excluding carboxylic acids is 1. The molecule has 8 nitrogen and oxygen atoms in total. The first-order valence-electron chi connectivity index (χ1n) is 5.65. The number of benzene rings is 1. The lowest BCUT2D eigenvalue weighted by molar-refractivity contribution is -0.140. The summed E-state index contributed by atoms with van der Waals surface area (Å²) in [5, 5.41) is 29.1. The number of nitrogen functional groups attached to an aromatic ring is 1. The largest absolute Gasteiger partial charge is 0.507 e. The number of hydrogen-bond acceptors (Lipinski definition) is 5. The van der Waals surface area contributed by atoms with Crippen molar-refractivity contribution in [1.29, 1.82) is 0 Å². The molecule has 0 bridgehead atoms. The zero-order valence-electron chi connectivity index (χ0n) is 10.4. The van der Waals surface area contributed by atoms with Crippen LogP contribution in [0.25, 0.3) is 0 Å². The van der Waals surface area contributed by atoms with Crippen LogP contribution in [0, 0.1) is 0 Å². The molecule has 0 spiro atoms. The number of carboxylic acids is 2. The number of carboxylic acid groups (broad SMARTS) is 2. The molecule has 20 heavy (non-hydrogen) atoms. The molecule has 0 fully saturated rings. The second-order valence-electron chi connectivity index (χ2n) is 4.07. The number of aliphatic carboxylic acids is 2.